The summed E-state index contributed by atoms with van der Waals surface area (Å²) in [5.74, 6) is 4.38. The summed E-state index contributed by atoms with van der Waals surface area (Å²) >= 11 is 1.59. The van der Waals surface area contributed by atoms with Crippen LogP contribution in [-0.2, 0) is 18.7 Å². The smallest absolute Gasteiger partial charge is 0.251 e. The van der Waals surface area contributed by atoms with Crippen molar-refractivity contribution in [2.24, 2.45) is 0 Å². The van der Waals surface area contributed by atoms with Crippen LogP contribution in [-0.4, -0.2) is 25.0 Å². The van der Waals surface area contributed by atoms with Gasteiger partial charge in [0, 0.05) is 13.0 Å². The predicted molar refractivity (Wildman–Crippen MR) is 88.6 cm³/mol. The average Bonchev–Trinajstić information content (AvgIpc) is 3.21. The first kappa shape index (κ1) is 15.4. The fourth-order valence-electron chi connectivity index (χ4n) is 2.96. The zero-order valence-electron chi connectivity index (χ0n) is 13.8. The van der Waals surface area contributed by atoms with Crippen molar-refractivity contribution in [1.82, 2.24) is 25.0 Å². The van der Waals surface area contributed by atoms with Gasteiger partial charge in [0.2, 0.25) is 5.89 Å². The van der Waals surface area contributed by atoms with Crippen molar-refractivity contribution in [2.75, 3.05) is 0 Å². The first-order valence-corrected chi connectivity index (χ1v) is 9.14. The Balaban J connectivity index is 1.47. The van der Waals surface area contributed by atoms with Gasteiger partial charge in [0.25, 0.3) is 5.89 Å². The van der Waals surface area contributed by atoms with E-state index in [4.69, 9.17) is 8.83 Å². The fraction of sp³-hybridized carbons (Fsp3) is 0.500. The van der Waals surface area contributed by atoms with Crippen LogP contribution in [0.25, 0.3) is 11.5 Å². The third-order valence-corrected chi connectivity index (χ3v) is 5.09. The standard InChI is InChI=1S/C16H19N5O2S/c1-10-8-12(11(2)22-10)15-19-18-14(23-15)9-24-16-20-17-13-6-4-3-5-7-21(13)16/h8H,3-7,9H2,1-2H3. The quantitative estimate of drug-likeness (QED) is 0.669. The van der Waals surface area contributed by atoms with Crippen molar-refractivity contribution in [3.05, 3.63) is 29.3 Å². The lowest BCUT2D eigenvalue weighted by molar-refractivity contribution is 0.499. The second-order valence-electron chi connectivity index (χ2n) is 5.98. The molecule has 3 aromatic rings. The van der Waals surface area contributed by atoms with Crippen LogP contribution >= 0.6 is 11.8 Å². The van der Waals surface area contributed by atoms with Crippen molar-refractivity contribution < 1.29 is 8.83 Å². The normalized spacial score (nSPS) is 14.6. The maximum atomic E-state index is 5.77. The summed E-state index contributed by atoms with van der Waals surface area (Å²) < 4.78 is 13.5. The largest absolute Gasteiger partial charge is 0.466 e. The van der Waals surface area contributed by atoms with Gasteiger partial charge in [-0.15, -0.1) is 20.4 Å². The van der Waals surface area contributed by atoms with Gasteiger partial charge in [0.15, 0.2) is 5.16 Å². The van der Waals surface area contributed by atoms with Crippen molar-refractivity contribution >= 4 is 11.8 Å². The molecular weight excluding hydrogens is 326 g/mol. The van der Waals surface area contributed by atoms with Crippen molar-refractivity contribution in [2.45, 2.75) is 57.0 Å². The third kappa shape index (κ3) is 2.98. The summed E-state index contributed by atoms with van der Waals surface area (Å²) in [7, 11) is 0. The van der Waals surface area contributed by atoms with E-state index in [-0.39, 0.29) is 0 Å². The Bertz CT molecular complexity index is 851. The summed E-state index contributed by atoms with van der Waals surface area (Å²) in [6.07, 6.45) is 4.64. The van der Waals surface area contributed by atoms with Crippen LogP contribution < -0.4 is 0 Å². The second-order valence-corrected chi connectivity index (χ2v) is 6.92. The minimum absolute atomic E-state index is 0.500. The number of hydrogen-bond donors (Lipinski definition) is 0. The number of aromatic nitrogens is 5. The average molecular weight is 345 g/mol. The van der Waals surface area contributed by atoms with E-state index in [0.717, 1.165) is 41.0 Å². The Kier molecular flexibility index (Phi) is 4.13. The summed E-state index contributed by atoms with van der Waals surface area (Å²) in [5.41, 5.74) is 0.854. The molecule has 4 rings (SSSR count). The highest BCUT2D eigenvalue weighted by Gasteiger charge is 2.18. The molecule has 0 spiro atoms. The number of furan rings is 1. The third-order valence-electron chi connectivity index (χ3n) is 4.14. The van der Waals surface area contributed by atoms with Crippen molar-refractivity contribution in [3.8, 4) is 11.5 Å². The number of fused-ring (bicyclic) bond motifs is 1. The Morgan fingerprint density at radius 2 is 2.00 bits per heavy atom. The van der Waals surface area contributed by atoms with Gasteiger partial charge in [-0.25, -0.2) is 0 Å². The molecule has 8 heteroatoms. The van der Waals surface area contributed by atoms with Crippen LogP contribution in [0, 0.1) is 13.8 Å². The topological polar surface area (TPSA) is 82.8 Å². The molecule has 7 nitrogen and oxygen atoms in total. The molecule has 0 aliphatic carbocycles. The van der Waals surface area contributed by atoms with E-state index in [9.17, 15) is 0 Å². The van der Waals surface area contributed by atoms with E-state index in [1.165, 1.54) is 19.3 Å². The van der Waals surface area contributed by atoms with Gasteiger partial charge in [-0.1, -0.05) is 18.2 Å². The van der Waals surface area contributed by atoms with E-state index in [0.29, 0.717) is 17.5 Å². The molecule has 24 heavy (non-hydrogen) atoms. The Morgan fingerprint density at radius 3 is 2.83 bits per heavy atom. The van der Waals surface area contributed by atoms with E-state index in [2.05, 4.69) is 25.0 Å². The van der Waals surface area contributed by atoms with E-state index in [1.807, 2.05) is 19.9 Å². The highest BCUT2D eigenvalue weighted by atomic mass is 32.2. The van der Waals surface area contributed by atoms with Gasteiger partial charge in [-0.05, 0) is 32.8 Å². The Labute approximate surface area is 143 Å². The molecule has 126 valence electrons. The molecule has 0 bridgehead atoms. The van der Waals surface area contributed by atoms with Gasteiger partial charge in [-0.3, -0.25) is 0 Å². The zero-order chi connectivity index (χ0) is 16.5. The molecule has 0 aromatic carbocycles. The number of nitrogens with zero attached hydrogens (tertiary/aromatic N) is 5. The molecule has 0 N–H and O–H groups in total. The summed E-state index contributed by atoms with van der Waals surface area (Å²) in [6, 6.07) is 1.91. The molecule has 4 heterocycles. The van der Waals surface area contributed by atoms with Gasteiger partial charge in [0.1, 0.15) is 17.3 Å². The highest BCUT2D eigenvalue weighted by Crippen LogP contribution is 2.28. The van der Waals surface area contributed by atoms with Gasteiger partial charge in [-0.2, -0.15) is 0 Å². The second kappa shape index (κ2) is 6.43. The first-order valence-electron chi connectivity index (χ1n) is 8.15. The number of thioether (sulfide) groups is 1. The van der Waals surface area contributed by atoms with E-state index in [1.54, 1.807) is 11.8 Å². The number of rotatable bonds is 4. The number of hydrogen-bond acceptors (Lipinski definition) is 7. The van der Waals surface area contributed by atoms with E-state index >= 15 is 0 Å². The van der Waals surface area contributed by atoms with Gasteiger partial charge in [0.05, 0.1) is 11.3 Å². The predicted octanol–water partition coefficient (Wildman–Crippen LogP) is 3.56. The molecule has 0 saturated carbocycles. The van der Waals surface area contributed by atoms with Crippen molar-refractivity contribution in [3.63, 3.8) is 0 Å². The van der Waals surface area contributed by atoms with Crippen LogP contribution in [0.2, 0.25) is 0 Å². The van der Waals surface area contributed by atoms with Gasteiger partial charge < -0.3 is 13.4 Å². The van der Waals surface area contributed by atoms with Crippen molar-refractivity contribution in [1.29, 1.82) is 0 Å². The molecule has 0 amide bonds. The molecule has 0 radical (unpaired) electrons. The molecule has 1 aliphatic heterocycles. The summed E-state index contributed by atoms with van der Waals surface area (Å²) in [4.78, 5) is 0. The molecule has 0 atom stereocenters. The Hall–Kier alpha value is -2.09. The minimum Gasteiger partial charge on any atom is -0.466 e. The molecule has 0 saturated heterocycles. The summed E-state index contributed by atoms with van der Waals surface area (Å²) in [6.45, 7) is 4.79. The van der Waals surface area contributed by atoms with Crippen LogP contribution in [0.3, 0.4) is 0 Å². The molecule has 1 aliphatic rings. The summed E-state index contributed by atoms with van der Waals surface area (Å²) in [5, 5.41) is 17.8. The highest BCUT2D eigenvalue weighted by molar-refractivity contribution is 7.98. The van der Waals surface area contributed by atoms with Crippen LogP contribution in [0.1, 0.15) is 42.5 Å². The molecule has 0 fully saturated rings. The lowest BCUT2D eigenvalue weighted by Crippen LogP contribution is -2.02. The van der Waals surface area contributed by atoms with Gasteiger partial charge >= 0.3 is 0 Å². The lowest BCUT2D eigenvalue weighted by atomic mass is 10.2. The Morgan fingerprint density at radius 1 is 1.08 bits per heavy atom. The maximum Gasteiger partial charge on any atom is 0.251 e. The monoisotopic (exact) mass is 345 g/mol. The lowest BCUT2D eigenvalue weighted by Gasteiger charge is -2.04. The SMILES string of the molecule is Cc1cc(-c2nnc(CSc3nnc4n3CCCCC4)o2)c(C)o1. The maximum absolute atomic E-state index is 5.77. The zero-order valence-corrected chi connectivity index (χ0v) is 14.6. The fourth-order valence-corrected chi connectivity index (χ4v) is 3.78. The molecule has 0 unspecified atom stereocenters. The van der Waals surface area contributed by atoms with Crippen LogP contribution in [0.5, 0.6) is 0 Å². The van der Waals surface area contributed by atoms with Crippen LogP contribution in [0.4, 0.5) is 0 Å². The molecular formula is C16H19N5O2S. The molecule has 3 aromatic heterocycles. The van der Waals surface area contributed by atoms with E-state index < -0.39 is 0 Å². The van der Waals surface area contributed by atoms with Crippen LogP contribution in [0.15, 0.2) is 20.1 Å². The number of aryl methyl sites for hydroxylation is 3. The minimum atomic E-state index is 0.500. The first-order chi connectivity index (χ1) is 11.7.